The lowest BCUT2D eigenvalue weighted by Gasteiger charge is -2.39. The van der Waals surface area contributed by atoms with Gasteiger partial charge in [0.1, 0.15) is 0 Å². The minimum absolute atomic E-state index is 0.0319. The summed E-state index contributed by atoms with van der Waals surface area (Å²) in [5.74, 6) is 0. The van der Waals surface area contributed by atoms with Gasteiger partial charge >= 0.3 is 6.03 Å². The van der Waals surface area contributed by atoms with Gasteiger partial charge in [0.25, 0.3) is 0 Å². The molecule has 0 unspecified atom stereocenters. The summed E-state index contributed by atoms with van der Waals surface area (Å²) in [6.07, 6.45) is 5.40. The lowest BCUT2D eigenvalue weighted by Crippen LogP contribution is -2.45. The topological polar surface area (TPSA) is 86.3 Å². The van der Waals surface area contributed by atoms with Crippen LogP contribution in [0.4, 0.5) is 10.5 Å². The van der Waals surface area contributed by atoms with Crippen LogP contribution in [-0.2, 0) is 16.1 Å². The van der Waals surface area contributed by atoms with Gasteiger partial charge < -0.3 is 30.1 Å². The van der Waals surface area contributed by atoms with Crippen molar-refractivity contribution in [3.8, 4) is 0 Å². The zero-order valence-electron chi connectivity index (χ0n) is 22.5. The number of benzene rings is 2. The van der Waals surface area contributed by atoms with E-state index >= 15 is 0 Å². The van der Waals surface area contributed by atoms with Crippen LogP contribution in [0.25, 0.3) is 0 Å². The van der Waals surface area contributed by atoms with Crippen molar-refractivity contribution in [2.75, 3.05) is 44.6 Å². The molecule has 0 radical (unpaired) electrons. The Morgan fingerprint density at radius 3 is 2.39 bits per heavy atom. The highest BCUT2D eigenvalue weighted by Gasteiger charge is 2.36. The molecule has 3 aliphatic rings. The van der Waals surface area contributed by atoms with E-state index in [0.29, 0.717) is 12.6 Å². The van der Waals surface area contributed by atoms with Crippen molar-refractivity contribution in [2.45, 2.75) is 70.2 Å². The van der Waals surface area contributed by atoms with Gasteiger partial charge in [-0.15, -0.1) is 0 Å². The third-order valence-corrected chi connectivity index (χ3v) is 8.00. The molecule has 5 rings (SSSR count). The van der Waals surface area contributed by atoms with Crippen molar-refractivity contribution < 1.29 is 19.4 Å². The molecule has 0 aliphatic carbocycles. The Bertz CT molecular complexity index is 1030. The van der Waals surface area contributed by atoms with Crippen LogP contribution in [0.3, 0.4) is 0 Å². The monoisotopic (exact) mass is 522 g/mol. The van der Waals surface area contributed by atoms with Gasteiger partial charge in [0.05, 0.1) is 18.8 Å². The zero-order chi connectivity index (χ0) is 26.3. The van der Waals surface area contributed by atoms with Gasteiger partial charge in [-0.25, -0.2) is 4.79 Å². The van der Waals surface area contributed by atoms with Crippen LogP contribution in [0, 0.1) is 0 Å². The van der Waals surface area contributed by atoms with Gasteiger partial charge in [-0.1, -0.05) is 36.4 Å². The molecule has 8 nitrogen and oxygen atoms in total. The van der Waals surface area contributed by atoms with Crippen LogP contribution >= 0.6 is 0 Å². The van der Waals surface area contributed by atoms with Crippen molar-refractivity contribution in [1.82, 2.24) is 15.1 Å². The summed E-state index contributed by atoms with van der Waals surface area (Å²) < 4.78 is 13.1. The van der Waals surface area contributed by atoms with Crippen LogP contribution in [0.1, 0.15) is 68.1 Å². The summed E-state index contributed by atoms with van der Waals surface area (Å²) in [5.41, 5.74) is 3.66. The van der Waals surface area contributed by atoms with Crippen LogP contribution in [0.5, 0.6) is 0 Å². The average molecular weight is 523 g/mol. The fourth-order valence-electron chi connectivity index (χ4n) is 5.96. The largest absolute Gasteiger partial charge is 0.392 e. The first-order valence-corrected chi connectivity index (χ1v) is 14.2. The number of carbonyl (C=O) groups excluding carboxylic acids is 1. The van der Waals surface area contributed by atoms with Crippen molar-refractivity contribution in [1.29, 1.82) is 0 Å². The summed E-state index contributed by atoms with van der Waals surface area (Å²) in [5, 5.41) is 15.1. The number of likely N-dealkylation sites (tertiary alicyclic amines) is 2. The molecule has 3 fully saturated rings. The first kappa shape index (κ1) is 27.1. The molecule has 2 amide bonds. The standard InChI is InChI=1S/C30H42N4O4/c1-2-31-30(36)32-25-13-11-24(12-14-25)29-37-27(18-28(38-29)23-9-7-22(21-35)8-10-23)20-34-17-5-6-26(34)19-33-15-3-4-16-33/h7-14,26-29,35H,2-6,15-21H2,1H3,(H2,31,32,36)/t26-,27+,28-,29-/m0/s1. The Morgan fingerprint density at radius 1 is 0.947 bits per heavy atom. The number of aliphatic hydroxyl groups is 1. The van der Waals surface area contributed by atoms with E-state index in [4.69, 9.17) is 9.47 Å². The predicted octanol–water partition coefficient (Wildman–Crippen LogP) is 4.43. The summed E-state index contributed by atoms with van der Waals surface area (Å²) in [6, 6.07) is 16.1. The minimum atomic E-state index is -0.491. The number of ether oxygens (including phenoxy) is 2. The Kier molecular flexibility index (Phi) is 9.30. The summed E-state index contributed by atoms with van der Waals surface area (Å²) >= 11 is 0. The number of nitrogens with zero attached hydrogens (tertiary/aromatic N) is 2. The van der Waals surface area contributed by atoms with E-state index in [0.717, 1.165) is 41.9 Å². The third-order valence-electron chi connectivity index (χ3n) is 8.00. The minimum Gasteiger partial charge on any atom is -0.392 e. The predicted molar refractivity (Wildman–Crippen MR) is 148 cm³/mol. The second-order valence-electron chi connectivity index (χ2n) is 10.8. The maximum absolute atomic E-state index is 11.9. The fourth-order valence-corrected chi connectivity index (χ4v) is 5.96. The second kappa shape index (κ2) is 13.0. The zero-order valence-corrected chi connectivity index (χ0v) is 22.5. The first-order valence-electron chi connectivity index (χ1n) is 14.2. The number of rotatable bonds is 9. The van der Waals surface area contributed by atoms with E-state index in [-0.39, 0.29) is 24.8 Å². The van der Waals surface area contributed by atoms with Gasteiger partial charge in [-0.2, -0.15) is 0 Å². The molecule has 2 aromatic rings. The molecule has 38 heavy (non-hydrogen) atoms. The second-order valence-corrected chi connectivity index (χ2v) is 10.8. The average Bonchev–Trinajstić information content (AvgIpc) is 3.62. The van der Waals surface area contributed by atoms with Gasteiger partial charge in [0.2, 0.25) is 0 Å². The van der Waals surface area contributed by atoms with Crippen molar-refractivity contribution >= 4 is 11.7 Å². The van der Waals surface area contributed by atoms with Gasteiger partial charge in [-0.3, -0.25) is 4.90 Å². The van der Waals surface area contributed by atoms with E-state index in [2.05, 4.69) is 32.6 Å². The number of hydrogen-bond acceptors (Lipinski definition) is 6. The highest BCUT2D eigenvalue weighted by atomic mass is 16.7. The number of carbonyl (C=O) groups is 1. The smallest absolute Gasteiger partial charge is 0.319 e. The quantitative estimate of drug-likeness (QED) is 0.452. The molecule has 206 valence electrons. The van der Waals surface area contributed by atoms with Gasteiger partial charge in [0.15, 0.2) is 6.29 Å². The molecular formula is C30H42N4O4. The van der Waals surface area contributed by atoms with Crippen molar-refractivity contribution in [3.63, 3.8) is 0 Å². The van der Waals surface area contributed by atoms with Gasteiger partial charge in [-0.05, 0) is 75.5 Å². The molecule has 0 aromatic heterocycles. The molecule has 3 N–H and O–H groups in total. The number of urea groups is 1. The van der Waals surface area contributed by atoms with E-state index in [9.17, 15) is 9.90 Å². The Balaban J connectivity index is 1.30. The summed E-state index contributed by atoms with van der Waals surface area (Å²) in [6.45, 7) is 8.16. The van der Waals surface area contributed by atoms with Gasteiger partial charge in [0, 0.05) is 43.3 Å². The third kappa shape index (κ3) is 6.93. The Labute approximate surface area is 226 Å². The molecule has 0 saturated carbocycles. The first-order chi connectivity index (χ1) is 18.6. The number of aliphatic hydroxyl groups excluding tert-OH is 1. The summed E-state index contributed by atoms with van der Waals surface area (Å²) in [4.78, 5) is 17.2. The maximum atomic E-state index is 11.9. The highest BCUT2D eigenvalue weighted by Crippen LogP contribution is 2.39. The van der Waals surface area contributed by atoms with Crippen LogP contribution in [0.15, 0.2) is 48.5 Å². The molecule has 3 saturated heterocycles. The molecule has 8 heteroatoms. The fraction of sp³-hybridized carbons (Fsp3) is 0.567. The highest BCUT2D eigenvalue weighted by molar-refractivity contribution is 5.89. The normalized spacial score (nSPS) is 26.5. The van der Waals surface area contributed by atoms with E-state index in [1.807, 2.05) is 43.3 Å². The molecule has 3 heterocycles. The van der Waals surface area contributed by atoms with Crippen molar-refractivity contribution in [2.24, 2.45) is 0 Å². The number of amides is 2. The molecule has 4 atom stereocenters. The number of hydrogen-bond donors (Lipinski definition) is 3. The molecule has 0 bridgehead atoms. The molecule has 0 spiro atoms. The van der Waals surface area contributed by atoms with E-state index in [1.165, 1.54) is 45.3 Å². The lowest BCUT2D eigenvalue weighted by molar-refractivity contribution is -0.253. The number of anilines is 1. The summed E-state index contributed by atoms with van der Waals surface area (Å²) in [7, 11) is 0. The SMILES string of the molecule is CCNC(=O)Nc1ccc([C@H]2O[C@@H](CN3CCC[C@H]3CN3CCCC3)C[C@@H](c3ccc(CO)cc3)O2)cc1. The maximum Gasteiger partial charge on any atom is 0.319 e. The Morgan fingerprint density at radius 2 is 1.68 bits per heavy atom. The number of nitrogens with one attached hydrogen (secondary N) is 2. The van der Waals surface area contributed by atoms with E-state index < -0.39 is 6.29 Å². The molecule has 3 aliphatic heterocycles. The van der Waals surface area contributed by atoms with E-state index in [1.54, 1.807) is 0 Å². The van der Waals surface area contributed by atoms with Crippen LogP contribution < -0.4 is 10.6 Å². The van der Waals surface area contributed by atoms with Crippen molar-refractivity contribution in [3.05, 3.63) is 65.2 Å². The van der Waals surface area contributed by atoms with Crippen LogP contribution in [-0.4, -0.2) is 72.4 Å². The molecule has 2 aromatic carbocycles. The lowest BCUT2D eigenvalue weighted by atomic mass is 9.99. The molecular weight excluding hydrogens is 480 g/mol. The van der Waals surface area contributed by atoms with Crippen LogP contribution in [0.2, 0.25) is 0 Å². The Hall–Kier alpha value is -2.49.